The molecule has 0 unspecified atom stereocenters. The molecule has 0 N–H and O–H groups in total. The van der Waals surface area contributed by atoms with Gasteiger partial charge in [0.25, 0.3) is 11.1 Å². The number of methoxy groups -OCH3 is 1. The van der Waals surface area contributed by atoms with Crippen LogP contribution in [0.5, 0.6) is 11.5 Å². The normalized spacial score (nSPS) is 14.4. The number of fused-ring (bicyclic) bond motifs is 1. The Kier molecular flexibility index (Phi) is 7.12. The Morgan fingerprint density at radius 2 is 1.70 bits per heavy atom. The molecule has 8 heteroatoms. The van der Waals surface area contributed by atoms with Gasteiger partial charge in [0.05, 0.1) is 28.6 Å². The van der Waals surface area contributed by atoms with Crippen LogP contribution < -0.4 is 9.47 Å². The summed E-state index contributed by atoms with van der Waals surface area (Å²) >= 11 is 4.33. The zero-order valence-corrected chi connectivity index (χ0v) is 22.0. The van der Waals surface area contributed by atoms with Gasteiger partial charge in [-0.25, -0.2) is 4.79 Å². The van der Waals surface area contributed by atoms with E-state index in [1.807, 2.05) is 48.5 Å². The SMILES string of the molecule is COc1cc(/C=C2\SC(=O)N(Cc3cccc4ccccc34)C2=O)cc(Br)c1OC(=O)c1ccccc1. The number of amides is 2. The van der Waals surface area contributed by atoms with E-state index in [9.17, 15) is 14.4 Å². The molecule has 0 atom stereocenters. The maximum atomic E-state index is 13.2. The molecule has 1 heterocycles. The Balaban J connectivity index is 1.39. The number of ether oxygens (including phenoxy) is 2. The molecule has 0 radical (unpaired) electrons. The van der Waals surface area contributed by atoms with Crippen LogP contribution in [-0.4, -0.2) is 29.1 Å². The molecule has 37 heavy (non-hydrogen) atoms. The van der Waals surface area contributed by atoms with Gasteiger partial charge >= 0.3 is 5.97 Å². The van der Waals surface area contributed by atoms with Gasteiger partial charge in [-0.15, -0.1) is 0 Å². The number of benzene rings is 4. The number of imide groups is 1. The predicted octanol–water partition coefficient (Wildman–Crippen LogP) is 7.07. The zero-order chi connectivity index (χ0) is 25.9. The minimum absolute atomic E-state index is 0.185. The molecule has 1 aliphatic heterocycles. The lowest BCUT2D eigenvalue weighted by Crippen LogP contribution is -2.27. The van der Waals surface area contributed by atoms with Crippen molar-refractivity contribution in [2.24, 2.45) is 0 Å². The van der Waals surface area contributed by atoms with E-state index in [1.165, 1.54) is 12.0 Å². The number of carbonyl (C=O) groups is 3. The van der Waals surface area contributed by atoms with Crippen molar-refractivity contribution in [3.63, 3.8) is 0 Å². The molecule has 5 rings (SSSR count). The summed E-state index contributed by atoms with van der Waals surface area (Å²) in [5.74, 6) is -0.364. The van der Waals surface area contributed by atoms with E-state index >= 15 is 0 Å². The van der Waals surface area contributed by atoms with Crippen molar-refractivity contribution in [1.29, 1.82) is 0 Å². The van der Waals surface area contributed by atoms with Crippen molar-refractivity contribution < 1.29 is 23.9 Å². The number of thioether (sulfide) groups is 1. The van der Waals surface area contributed by atoms with E-state index in [2.05, 4.69) is 15.9 Å². The summed E-state index contributed by atoms with van der Waals surface area (Å²) in [4.78, 5) is 40.0. The van der Waals surface area contributed by atoms with Crippen LogP contribution in [0.1, 0.15) is 21.5 Å². The zero-order valence-electron chi connectivity index (χ0n) is 19.6. The first-order chi connectivity index (χ1) is 17.9. The smallest absolute Gasteiger partial charge is 0.343 e. The molecule has 1 fully saturated rings. The van der Waals surface area contributed by atoms with Crippen molar-refractivity contribution in [2.75, 3.05) is 7.11 Å². The third-order valence-corrected chi connectivity index (χ3v) is 7.33. The van der Waals surface area contributed by atoms with Gasteiger partial charge in [-0.1, -0.05) is 60.7 Å². The van der Waals surface area contributed by atoms with Crippen LogP contribution in [0.4, 0.5) is 4.79 Å². The number of nitrogens with zero attached hydrogens (tertiary/aromatic N) is 1. The second-order valence-corrected chi connectivity index (χ2v) is 10.0. The summed E-state index contributed by atoms with van der Waals surface area (Å²) in [5, 5.41) is 1.72. The first kappa shape index (κ1) is 24.8. The van der Waals surface area contributed by atoms with E-state index < -0.39 is 5.97 Å². The van der Waals surface area contributed by atoms with Gasteiger partial charge in [0.1, 0.15) is 0 Å². The third-order valence-electron chi connectivity index (χ3n) is 5.84. The van der Waals surface area contributed by atoms with Gasteiger partial charge in [0.2, 0.25) is 0 Å². The highest BCUT2D eigenvalue weighted by atomic mass is 79.9. The van der Waals surface area contributed by atoms with Crippen molar-refractivity contribution in [3.8, 4) is 11.5 Å². The second kappa shape index (κ2) is 10.6. The Morgan fingerprint density at radius 1 is 0.973 bits per heavy atom. The third kappa shape index (κ3) is 5.16. The lowest BCUT2D eigenvalue weighted by Gasteiger charge is -2.14. The first-order valence-corrected chi connectivity index (χ1v) is 12.9. The highest BCUT2D eigenvalue weighted by Gasteiger charge is 2.35. The second-order valence-electron chi connectivity index (χ2n) is 8.20. The number of hydrogen-bond donors (Lipinski definition) is 0. The van der Waals surface area contributed by atoms with Crippen LogP contribution in [0.15, 0.2) is 94.3 Å². The molecule has 0 bridgehead atoms. The summed E-state index contributed by atoms with van der Waals surface area (Å²) in [7, 11) is 1.46. The molecule has 0 saturated carbocycles. The molecule has 1 saturated heterocycles. The summed E-state index contributed by atoms with van der Waals surface area (Å²) in [6.07, 6.45) is 1.63. The molecule has 0 spiro atoms. The van der Waals surface area contributed by atoms with Crippen LogP contribution >= 0.6 is 27.7 Å². The Bertz CT molecular complexity index is 1560. The lowest BCUT2D eigenvalue weighted by atomic mass is 10.0. The molecule has 4 aromatic rings. The molecule has 1 aliphatic rings. The van der Waals surface area contributed by atoms with Crippen molar-refractivity contribution in [1.82, 2.24) is 4.90 Å². The van der Waals surface area contributed by atoms with Crippen LogP contribution in [0.2, 0.25) is 0 Å². The Labute approximate surface area is 226 Å². The van der Waals surface area contributed by atoms with Crippen molar-refractivity contribution in [2.45, 2.75) is 6.54 Å². The molecule has 2 amide bonds. The van der Waals surface area contributed by atoms with Crippen molar-refractivity contribution in [3.05, 3.63) is 111 Å². The molecule has 4 aromatic carbocycles. The van der Waals surface area contributed by atoms with Crippen LogP contribution in [-0.2, 0) is 11.3 Å². The van der Waals surface area contributed by atoms with Gasteiger partial charge in [0.15, 0.2) is 11.5 Å². The largest absolute Gasteiger partial charge is 0.493 e. The van der Waals surface area contributed by atoms with E-state index in [4.69, 9.17) is 9.47 Å². The molecular weight excluding hydrogens is 554 g/mol. The summed E-state index contributed by atoms with van der Waals surface area (Å²) in [6.45, 7) is 0.185. The van der Waals surface area contributed by atoms with Gasteiger partial charge in [-0.05, 0) is 79.9 Å². The first-order valence-electron chi connectivity index (χ1n) is 11.3. The monoisotopic (exact) mass is 573 g/mol. The highest BCUT2D eigenvalue weighted by molar-refractivity contribution is 9.10. The van der Waals surface area contributed by atoms with Crippen LogP contribution in [0.25, 0.3) is 16.8 Å². The summed E-state index contributed by atoms with van der Waals surface area (Å²) in [5.41, 5.74) is 1.91. The van der Waals surface area contributed by atoms with Crippen molar-refractivity contribution >= 4 is 61.7 Å². The molecular formula is C29H20BrNO5S. The average molecular weight is 574 g/mol. The van der Waals surface area contributed by atoms with Gasteiger partial charge in [-0.3, -0.25) is 14.5 Å². The van der Waals surface area contributed by atoms with Gasteiger partial charge < -0.3 is 9.47 Å². The van der Waals surface area contributed by atoms with Crippen LogP contribution in [0.3, 0.4) is 0 Å². The quantitative estimate of drug-likeness (QED) is 0.139. The molecule has 0 aliphatic carbocycles. The molecule has 6 nitrogen and oxygen atoms in total. The Morgan fingerprint density at radius 3 is 2.49 bits per heavy atom. The fourth-order valence-corrected chi connectivity index (χ4v) is 5.42. The number of esters is 1. The minimum Gasteiger partial charge on any atom is -0.493 e. The van der Waals surface area contributed by atoms with E-state index in [-0.39, 0.29) is 23.4 Å². The topological polar surface area (TPSA) is 72.9 Å². The standard InChI is InChI=1S/C29H20BrNO5S/c1-35-24-15-18(14-23(30)26(24)36-28(33)20-9-3-2-4-10-20)16-25-27(32)31(29(34)37-25)17-21-12-7-11-19-8-5-6-13-22(19)21/h2-16H,17H2,1H3/b25-16-. The van der Waals surface area contributed by atoms with E-state index in [0.29, 0.717) is 26.3 Å². The minimum atomic E-state index is -0.526. The number of carbonyl (C=O) groups excluding carboxylic acids is 3. The number of hydrogen-bond acceptors (Lipinski definition) is 6. The van der Waals surface area contributed by atoms with E-state index in [0.717, 1.165) is 28.1 Å². The number of rotatable bonds is 6. The van der Waals surface area contributed by atoms with Crippen LogP contribution in [0, 0.1) is 0 Å². The fourth-order valence-electron chi connectivity index (χ4n) is 4.04. The maximum absolute atomic E-state index is 13.2. The number of halogens is 1. The molecule has 0 aromatic heterocycles. The van der Waals surface area contributed by atoms with Gasteiger partial charge in [0, 0.05) is 0 Å². The maximum Gasteiger partial charge on any atom is 0.343 e. The summed E-state index contributed by atoms with van der Waals surface area (Å²) < 4.78 is 11.5. The summed E-state index contributed by atoms with van der Waals surface area (Å²) in [6, 6.07) is 25.7. The fraction of sp³-hybridized carbons (Fsp3) is 0.0690. The van der Waals surface area contributed by atoms with Gasteiger partial charge in [-0.2, -0.15) is 0 Å². The Hall–Kier alpha value is -3.88. The lowest BCUT2D eigenvalue weighted by molar-refractivity contribution is -0.123. The molecule has 184 valence electrons. The predicted molar refractivity (Wildman–Crippen MR) is 148 cm³/mol. The van der Waals surface area contributed by atoms with E-state index in [1.54, 1.807) is 42.5 Å². The average Bonchev–Trinajstić information content (AvgIpc) is 3.17. The highest BCUT2D eigenvalue weighted by Crippen LogP contribution is 2.40.